The van der Waals surface area contributed by atoms with Crippen molar-refractivity contribution >= 4 is 17.7 Å². The molecule has 0 bridgehead atoms. The van der Waals surface area contributed by atoms with E-state index in [0.29, 0.717) is 13.2 Å². The van der Waals surface area contributed by atoms with Crippen molar-refractivity contribution in [2.24, 2.45) is 5.84 Å². The van der Waals surface area contributed by atoms with Gasteiger partial charge in [-0.3, -0.25) is 9.80 Å². The molecule has 23 heavy (non-hydrogen) atoms. The number of benzene rings is 1. The van der Waals surface area contributed by atoms with Crippen LogP contribution in [-0.2, 0) is 16.0 Å². The Kier molecular flexibility index (Phi) is 3.63. The summed E-state index contributed by atoms with van der Waals surface area (Å²) in [5.74, 6) is 6.99. The number of hydrazine groups is 1. The molecule has 0 atom stereocenters. The normalized spacial score (nSPS) is 22.9. The molecular weight excluding hydrogens is 312 g/mol. The number of methoxy groups -OCH3 is 1. The van der Waals surface area contributed by atoms with Crippen molar-refractivity contribution in [2.75, 3.05) is 20.3 Å². The Balaban J connectivity index is 1.70. The van der Waals surface area contributed by atoms with Crippen molar-refractivity contribution in [1.82, 2.24) is 5.01 Å². The zero-order valence-electron chi connectivity index (χ0n) is 13.1. The maximum Gasteiger partial charge on any atom is 0.275 e. The summed E-state index contributed by atoms with van der Waals surface area (Å²) in [6, 6.07) is 6.08. The molecule has 0 aliphatic carbocycles. The predicted octanol–water partition coefficient (Wildman–Crippen LogP) is 2.25. The van der Waals surface area contributed by atoms with Crippen molar-refractivity contribution in [2.45, 2.75) is 36.1 Å². The van der Waals surface area contributed by atoms with Gasteiger partial charge in [-0.25, -0.2) is 5.84 Å². The third-order valence-electron chi connectivity index (χ3n) is 5.10. The number of nitrogens with two attached hydrogens (primary N) is 1. The second-order valence-corrected chi connectivity index (χ2v) is 7.43. The second kappa shape index (κ2) is 5.54. The van der Waals surface area contributed by atoms with Crippen LogP contribution in [0.5, 0.6) is 5.75 Å². The molecular formula is C17H20N2O3S. The summed E-state index contributed by atoms with van der Waals surface area (Å²) in [5, 5.41) is 1.48. The number of ether oxygens (including phenoxy) is 2. The van der Waals surface area contributed by atoms with Gasteiger partial charge < -0.3 is 9.47 Å². The maximum atomic E-state index is 12.8. The summed E-state index contributed by atoms with van der Waals surface area (Å²) in [6.45, 7) is 1.34. The van der Waals surface area contributed by atoms with Crippen LogP contribution in [-0.4, -0.2) is 36.8 Å². The van der Waals surface area contributed by atoms with Crippen LogP contribution >= 0.6 is 11.8 Å². The maximum absolute atomic E-state index is 12.8. The van der Waals surface area contributed by atoms with Gasteiger partial charge in [-0.1, -0.05) is 17.8 Å². The molecule has 6 heteroatoms. The lowest BCUT2D eigenvalue weighted by Crippen LogP contribution is -2.61. The van der Waals surface area contributed by atoms with E-state index < -0.39 is 0 Å². The molecule has 3 aliphatic heterocycles. The monoisotopic (exact) mass is 332 g/mol. The van der Waals surface area contributed by atoms with E-state index in [1.54, 1.807) is 7.11 Å². The van der Waals surface area contributed by atoms with Crippen molar-refractivity contribution in [3.63, 3.8) is 0 Å². The van der Waals surface area contributed by atoms with E-state index in [1.165, 1.54) is 27.9 Å². The molecule has 1 aromatic carbocycles. The average Bonchev–Trinajstić information content (AvgIpc) is 2.59. The first-order chi connectivity index (χ1) is 11.1. The van der Waals surface area contributed by atoms with Gasteiger partial charge in [0.2, 0.25) is 0 Å². The molecule has 3 heterocycles. The van der Waals surface area contributed by atoms with Crippen molar-refractivity contribution in [3.8, 4) is 5.75 Å². The molecule has 5 nitrogen and oxygen atoms in total. The number of hydrogen-bond acceptors (Lipinski definition) is 5. The van der Waals surface area contributed by atoms with Crippen LogP contribution in [0.1, 0.15) is 24.8 Å². The smallest absolute Gasteiger partial charge is 0.275 e. The van der Waals surface area contributed by atoms with Gasteiger partial charge >= 0.3 is 0 Å². The van der Waals surface area contributed by atoms with Crippen molar-refractivity contribution in [1.29, 1.82) is 0 Å². The third-order valence-corrected chi connectivity index (χ3v) is 6.37. The highest BCUT2D eigenvalue weighted by Gasteiger charge is 2.46. The van der Waals surface area contributed by atoms with Crippen LogP contribution in [0.15, 0.2) is 33.6 Å². The lowest BCUT2D eigenvalue weighted by Gasteiger charge is -2.48. The summed E-state index contributed by atoms with van der Waals surface area (Å²) in [6.07, 6.45) is 3.30. The Morgan fingerprint density at radius 1 is 1.35 bits per heavy atom. The van der Waals surface area contributed by atoms with Gasteiger partial charge in [0.15, 0.2) is 0 Å². The highest BCUT2D eigenvalue weighted by Crippen LogP contribution is 2.48. The highest BCUT2D eigenvalue weighted by molar-refractivity contribution is 8.04. The topological polar surface area (TPSA) is 64.8 Å². The summed E-state index contributed by atoms with van der Waals surface area (Å²) < 4.78 is 10.8. The summed E-state index contributed by atoms with van der Waals surface area (Å²) >= 11 is 1.53. The molecule has 1 amide bonds. The first kappa shape index (κ1) is 15.1. The van der Waals surface area contributed by atoms with Gasteiger partial charge in [0.25, 0.3) is 5.91 Å². The number of fused-ring (bicyclic) bond motifs is 1. The Bertz CT molecular complexity index is 695. The lowest BCUT2D eigenvalue weighted by molar-refractivity contribution is -0.139. The number of carbonyl (C=O) groups is 1. The Morgan fingerprint density at radius 3 is 2.87 bits per heavy atom. The third kappa shape index (κ3) is 2.36. The first-order valence-corrected chi connectivity index (χ1v) is 8.68. The molecule has 1 saturated heterocycles. The molecule has 1 aromatic rings. The van der Waals surface area contributed by atoms with Crippen LogP contribution in [0.3, 0.4) is 0 Å². The summed E-state index contributed by atoms with van der Waals surface area (Å²) in [4.78, 5) is 14.7. The molecule has 1 fully saturated rings. The highest BCUT2D eigenvalue weighted by atomic mass is 32.2. The molecule has 0 radical (unpaired) electrons. The number of carbonyl (C=O) groups excluding carboxylic acids is 1. The predicted molar refractivity (Wildman–Crippen MR) is 88.0 cm³/mol. The number of nitrogens with zero attached hydrogens (tertiary/aromatic N) is 1. The zero-order chi connectivity index (χ0) is 16.0. The minimum absolute atomic E-state index is 0.0494. The number of hydrogen-bond donors (Lipinski definition) is 1. The van der Waals surface area contributed by atoms with Gasteiger partial charge in [-0.05, 0) is 49.0 Å². The van der Waals surface area contributed by atoms with E-state index in [2.05, 4.69) is 6.07 Å². The molecule has 0 unspecified atom stereocenters. The van der Waals surface area contributed by atoms with Crippen LogP contribution in [0.25, 0.3) is 0 Å². The molecule has 122 valence electrons. The van der Waals surface area contributed by atoms with E-state index in [1.807, 2.05) is 12.1 Å². The second-order valence-electron chi connectivity index (χ2n) is 6.37. The quantitative estimate of drug-likeness (QED) is 0.631. The van der Waals surface area contributed by atoms with E-state index in [4.69, 9.17) is 15.3 Å². The fourth-order valence-corrected chi connectivity index (χ4v) is 4.85. The largest absolute Gasteiger partial charge is 0.497 e. The Hall–Kier alpha value is -1.50. The van der Waals surface area contributed by atoms with E-state index >= 15 is 0 Å². The fourth-order valence-electron chi connectivity index (χ4n) is 3.71. The molecule has 4 rings (SSSR count). The molecule has 0 aromatic heterocycles. The summed E-state index contributed by atoms with van der Waals surface area (Å²) in [5.41, 5.74) is 2.22. The zero-order valence-corrected chi connectivity index (χ0v) is 13.9. The SMILES string of the molecule is COc1ccc2c(c1)SC1=C(C2)CC2(CCOCC2)N(N)C1=O. The molecule has 0 saturated carbocycles. The average molecular weight is 332 g/mol. The van der Waals surface area contributed by atoms with E-state index in [-0.39, 0.29) is 11.4 Å². The van der Waals surface area contributed by atoms with Crippen molar-refractivity contribution in [3.05, 3.63) is 34.2 Å². The van der Waals surface area contributed by atoms with E-state index in [9.17, 15) is 4.79 Å². The van der Waals surface area contributed by atoms with Gasteiger partial charge in [0.1, 0.15) is 5.75 Å². The van der Waals surface area contributed by atoms with Crippen LogP contribution in [0, 0.1) is 0 Å². The number of thioether (sulfide) groups is 1. The van der Waals surface area contributed by atoms with Gasteiger partial charge in [0.05, 0.1) is 17.6 Å². The first-order valence-electron chi connectivity index (χ1n) is 7.87. The van der Waals surface area contributed by atoms with Gasteiger partial charge in [0, 0.05) is 18.1 Å². The van der Waals surface area contributed by atoms with E-state index in [0.717, 1.165) is 41.2 Å². The fraction of sp³-hybridized carbons (Fsp3) is 0.471. The van der Waals surface area contributed by atoms with Crippen LogP contribution in [0.2, 0.25) is 0 Å². The molecule has 2 N–H and O–H groups in total. The Labute approximate surface area is 139 Å². The van der Waals surface area contributed by atoms with Gasteiger partial charge in [-0.2, -0.15) is 0 Å². The Morgan fingerprint density at radius 2 is 2.13 bits per heavy atom. The van der Waals surface area contributed by atoms with Crippen molar-refractivity contribution < 1.29 is 14.3 Å². The summed E-state index contributed by atoms with van der Waals surface area (Å²) in [7, 11) is 1.65. The number of amides is 1. The molecule has 1 spiro atoms. The number of rotatable bonds is 1. The van der Waals surface area contributed by atoms with Crippen LogP contribution < -0.4 is 10.6 Å². The molecule has 3 aliphatic rings. The standard InChI is InChI=1S/C17H20N2O3S/c1-21-13-3-2-11-8-12-10-17(4-6-22-7-5-17)19(18)16(20)15(12)23-14(11)9-13/h2-3,9H,4-8,10,18H2,1H3. The lowest BCUT2D eigenvalue weighted by atomic mass is 9.78. The van der Waals surface area contributed by atoms with Gasteiger partial charge in [-0.15, -0.1) is 0 Å². The minimum atomic E-state index is -0.265. The minimum Gasteiger partial charge on any atom is -0.497 e. The van der Waals surface area contributed by atoms with Crippen LogP contribution in [0.4, 0.5) is 0 Å².